The zero-order valence-electron chi connectivity index (χ0n) is 12.6. The Balaban J connectivity index is 1.58. The van der Waals surface area contributed by atoms with E-state index in [1.54, 1.807) is 18.2 Å². The third kappa shape index (κ3) is 4.40. The maximum Gasteiger partial charge on any atom is 0.226 e. The number of aromatic nitrogens is 1. The Labute approximate surface area is 148 Å². The minimum Gasteiger partial charge on any atom is -0.302 e. The maximum atomic E-state index is 12.9. The lowest BCUT2D eigenvalue weighted by Crippen LogP contribution is -2.12. The van der Waals surface area contributed by atoms with E-state index in [0.29, 0.717) is 28.7 Å². The van der Waals surface area contributed by atoms with E-state index in [1.807, 2.05) is 23.6 Å². The highest BCUT2D eigenvalue weighted by atomic mass is 35.5. The summed E-state index contributed by atoms with van der Waals surface area (Å²) in [5, 5.41) is 5.82. The van der Waals surface area contributed by atoms with Crippen LogP contribution in [0.25, 0.3) is 11.3 Å². The first-order valence-electron chi connectivity index (χ1n) is 7.36. The van der Waals surface area contributed by atoms with Crippen molar-refractivity contribution in [3.63, 3.8) is 0 Å². The third-order valence-corrected chi connectivity index (χ3v) is 4.41. The number of carbonyl (C=O) groups is 1. The van der Waals surface area contributed by atoms with Crippen molar-refractivity contribution in [3.8, 4) is 11.3 Å². The van der Waals surface area contributed by atoms with E-state index in [1.165, 1.54) is 23.5 Å². The molecule has 0 aliphatic heterocycles. The largest absolute Gasteiger partial charge is 0.302 e. The van der Waals surface area contributed by atoms with Crippen molar-refractivity contribution < 1.29 is 9.18 Å². The van der Waals surface area contributed by atoms with Crippen molar-refractivity contribution in [2.45, 2.75) is 12.8 Å². The highest BCUT2D eigenvalue weighted by molar-refractivity contribution is 7.14. The second-order valence-electron chi connectivity index (χ2n) is 5.22. The van der Waals surface area contributed by atoms with Crippen LogP contribution < -0.4 is 5.32 Å². The topological polar surface area (TPSA) is 42.0 Å². The molecule has 0 spiro atoms. The molecule has 0 saturated carbocycles. The SMILES string of the molecule is O=C(CCc1cccc(Cl)c1)Nc1nc(-c2ccc(F)cc2)cs1. The van der Waals surface area contributed by atoms with Gasteiger partial charge >= 0.3 is 0 Å². The quantitative estimate of drug-likeness (QED) is 0.681. The van der Waals surface area contributed by atoms with Crippen molar-refractivity contribution in [1.29, 1.82) is 0 Å². The molecular weight excluding hydrogens is 347 g/mol. The minimum absolute atomic E-state index is 0.102. The molecule has 0 aliphatic rings. The van der Waals surface area contributed by atoms with Crippen LogP contribution in [0.2, 0.25) is 5.02 Å². The van der Waals surface area contributed by atoms with Gasteiger partial charge in [0.25, 0.3) is 0 Å². The molecule has 1 N–H and O–H groups in total. The van der Waals surface area contributed by atoms with Crippen molar-refractivity contribution in [2.75, 3.05) is 5.32 Å². The maximum absolute atomic E-state index is 12.9. The smallest absolute Gasteiger partial charge is 0.226 e. The number of rotatable bonds is 5. The van der Waals surface area contributed by atoms with E-state index in [4.69, 9.17) is 11.6 Å². The Morgan fingerprint density at radius 1 is 1.21 bits per heavy atom. The molecule has 0 fully saturated rings. The molecule has 6 heteroatoms. The minimum atomic E-state index is -0.288. The number of amides is 1. The van der Waals surface area contributed by atoms with Gasteiger partial charge in [0.05, 0.1) is 5.69 Å². The number of hydrogen-bond acceptors (Lipinski definition) is 3. The number of nitrogens with one attached hydrogen (secondary N) is 1. The van der Waals surface area contributed by atoms with Crippen molar-refractivity contribution >= 4 is 34.0 Å². The lowest BCUT2D eigenvalue weighted by molar-refractivity contribution is -0.116. The first kappa shape index (κ1) is 16.6. The molecule has 0 bridgehead atoms. The molecule has 1 heterocycles. The van der Waals surface area contributed by atoms with Crippen LogP contribution in [0, 0.1) is 5.82 Å². The van der Waals surface area contributed by atoms with Gasteiger partial charge < -0.3 is 5.32 Å². The third-order valence-electron chi connectivity index (χ3n) is 3.42. The number of hydrogen-bond donors (Lipinski definition) is 1. The van der Waals surface area contributed by atoms with Gasteiger partial charge in [-0.15, -0.1) is 11.3 Å². The summed E-state index contributed by atoms with van der Waals surface area (Å²) < 4.78 is 12.9. The molecule has 3 nitrogen and oxygen atoms in total. The van der Waals surface area contributed by atoms with Crippen LogP contribution >= 0.6 is 22.9 Å². The van der Waals surface area contributed by atoms with Gasteiger partial charge in [0.1, 0.15) is 5.82 Å². The van der Waals surface area contributed by atoms with Gasteiger partial charge in [-0.2, -0.15) is 0 Å². The Morgan fingerprint density at radius 3 is 2.75 bits per heavy atom. The molecule has 0 radical (unpaired) electrons. The van der Waals surface area contributed by atoms with E-state index in [2.05, 4.69) is 10.3 Å². The van der Waals surface area contributed by atoms with Crippen LogP contribution in [0.1, 0.15) is 12.0 Å². The molecular formula is C18H14ClFN2OS. The fourth-order valence-electron chi connectivity index (χ4n) is 2.22. The van der Waals surface area contributed by atoms with Crippen molar-refractivity contribution in [2.24, 2.45) is 0 Å². The fraction of sp³-hybridized carbons (Fsp3) is 0.111. The second-order valence-corrected chi connectivity index (χ2v) is 6.52. The first-order valence-corrected chi connectivity index (χ1v) is 8.62. The molecule has 0 aliphatic carbocycles. The Hall–Kier alpha value is -2.24. The number of nitrogens with zero attached hydrogens (tertiary/aromatic N) is 1. The zero-order chi connectivity index (χ0) is 16.9. The molecule has 122 valence electrons. The van der Waals surface area contributed by atoms with E-state index < -0.39 is 0 Å². The summed E-state index contributed by atoms with van der Waals surface area (Å²) in [7, 11) is 0. The van der Waals surface area contributed by atoms with Crippen LogP contribution in [0.4, 0.5) is 9.52 Å². The summed E-state index contributed by atoms with van der Waals surface area (Å²) in [5.74, 6) is -0.390. The van der Waals surface area contributed by atoms with Crippen molar-refractivity contribution in [1.82, 2.24) is 4.98 Å². The van der Waals surface area contributed by atoms with Crippen LogP contribution in [0.5, 0.6) is 0 Å². The number of halogens is 2. The molecule has 1 amide bonds. The Morgan fingerprint density at radius 2 is 2.00 bits per heavy atom. The fourth-order valence-corrected chi connectivity index (χ4v) is 3.17. The normalized spacial score (nSPS) is 10.6. The summed E-state index contributed by atoms with van der Waals surface area (Å²) in [4.78, 5) is 16.4. The number of carbonyl (C=O) groups excluding carboxylic acids is 1. The standard InChI is InChI=1S/C18H14ClFN2OS/c19-14-3-1-2-12(10-14)4-9-17(23)22-18-21-16(11-24-18)13-5-7-15(20)8-6-13/h1-3,5-8,10-11H,4,9H2,(H,21,22,23). The molecule has 0 saturated heterocycles. The number of aryl methyl sites for hydroxylation is 1. The average molecular weight is 361 g/mol. The summed E-state index contributed by atoms with van der Waals surface area (Å²) in [6.45, 7) is 0. The Bertz CT molecular complexity index is 848. The molecule has 3 aromatic rings. The lowest BCUT2D eigenvalue weighted by Gasteiger charge is -2.03. The van der Waals surface area contributed by atoms with Crippen LogP contribution in [0.15, 0.2) is 53.9 Å². The zero-order valence-corrected chi connectivity index (χ0v) is 14.2. The average Bonchev–Trinajstić information content (AvgIpc) is 3.02. The van der Waals surface area contributed by atoms with Gasteiger partial charge in [-0.25, -0.2) is 9.37 Å². The molecule has 0 atom stereocenters. The summed E-state index contributed by atoms with van der Waals surface area (Å²) in [5.41, 5.74) is 2.54. The van der Waals surface area contributed by atoms with E-state index >= 15 is 0 Å². The molecule has 3 rings (SSSR count). The van der Waals surface area contributed by atoms with Gasteiger partial charge in [0, 0.05) is 22.4 Å². The van der Waals surface area contributed by atoms with Gasteiger partial charge in [0.15, 0.2) is 5.13 Å². The second kappa shape index (κ2) is 7.55. The first-order chi connectivity index (χ1) is 11.6. The highest BCUT2D eigenvalue weighted by Crippen LogP contribution is 2.25. The van der Waals surface area contributed by atoms with E-state index in [0.717, 1.165) is 11.1 Å². The van der Waals surface area contributed by atoms with Crippen LogP contribution in [-0.2, 0) is 11.2 Å². The summed E-state index contributed by atoms with van der Waals surface area (Å²) in [6, 6.07) is 13.6. The molecule has 0 unspecified atom stereocenters. The van der Waals surface area contributed by atoms with Crippen LogP contribution in [-0.4, -0.2) is 10.9 Å². The number of anilines is 1. The van der Waals surface area contributed by atoms with Crippen molar-refractivity contribution in [3.05, 3.63) is 70.3 Å². The van der Waals surface area contributed by atoms with E-state index in [9.17, 15) is 9.18 Å². The van der Waals surface area contributed by atoms with E-state index in [-0.39, 0.29) is 11.7 Å². The summed E-state index contributed by atoms with van der Waals surface area (Å²) >= 11 is 7.27. The predicted molar refractivity (Wildman–Crippen MR) is 95.9 cm³/mol. The van der Waals surface area contributed by atoms with Gasteiger partial charge in [-0.3, -0.25) is 4.79 Å². The lowest BCUT2D eigenvalue weighted by atomic mass is 10.1. The summed E-state index contributed by atoms with van der Waals surface area (Å²) in [6.07, 6.45) is 0.967. The van der Waals surface area contributed by atoms with Gasteiger partial charge in [-0.1, -0.05) is 23.7 Å². The monoisotopic (exact) mass is 360 g/mol. The number of thiazole rings is 1. The highest BCUT2D eigenvalue weighted by Gasteiger charge is 2.08. The molecule has 24 heavy (non-hydrogen) atoms. The Kier molecular flexibility index (Phi) is 5.23. The molecule has 2 aromatic carbocycles. The number of benzene rings is 2. The van der Waals surface area contributed by atoms with Crippen LogP contribution in [0.3, 0.4) is 0 Å². The predicted octanol–water partition coefficient (Wildman–Crippen LogP) is 5.17. The van der Waals surface area contributed by atoms with Gasteiger partial charge in [-0.05, 0) is 48.4 Å². The molecule has 1 aromatic heterocycles. The van der Waals surface area contributed by atoms with Gasteiger partial charge in [0.2, 0.25) is 5.91 Å².